The van der Waals surface area contributed by atoms with E-state index in [0.29, 0.717) is 30.9 Å². The molecule has 2 fully saturated rings. The normalized spacial score (nSPS) is 19.8. The molecule has 2 amide bonds. The highest BCUT2D eigenvalue weighted by atomic mass is 19.1. The molecule has 4 rings (SSSR count). The number of nitrogens with one attached hydrogen (secondary N) is 1. The Labute approximate surface area is 211 Å². The summed E-state index contributed by atoms with van der Waals surface area (Å²) in [6.45, 7) is 7.92. The molecule has 0 radical (unpaired) electrons. The largest absolute Gasteiger partial charge is 0.340 e. The molecule has 0 aliphatic carbocycles. The molecule has 0 bridgehead atoms. The zero-order valence-electron chi connectivity index (χ0n) is 20.8. The second-order valence-corrected chi connectivity index (χ2v) is 9.46. The van der Waals surface area contributed by atoms with Gasteiger partial charge >= 0.3 is 0 Å². The minimum absolute atomic E-state index is 0.0324. The molecule has 36 heavy (non-hydrogen) atoms. The summed E-state index contributed by atoms with van der Waals surface area (Å²) >= 11 is 0. The first-order valence-electron chi connectivity index (χ1n) is 12.2. The summed E-state index contributed by atoms with van der Waals surface area (Å²) in [5, 5.41) is 3.04. The van der Waals surface area contributed by atoms with Crippen LogP contribution in [0.2, 0.25) is 0 Å². The zero-order chi connectivity index (χ0) is 25.7. The van der Waals surface area contributed by atoms with Crippen molar-refractivity contribution in [2.45, 2.75) is 38.3 Å². The van der Waals surface area contributed by atoms with Crippen LogP contribution in [0.4, 0.5) is 4.39 Å². The monoisotopic (exact) mass is 489 g/mol. The van der Waals surface area contributed by atoms with Crippen LogP contribution in [0.5, 0.6) is 0 Å². The van der Waals surface area contributed by atoms with Gasteiger partial charge in [0.05, 0.1) is 24.2 Å². The summed E-state index contributed by atoms with van der Waals surface area (Å²) in [4.78, 5) is 37.6. The Morgan fingerprint density at radius 3 is 2.61 bits per heavy atom. The molecule has 2 aliphatic heterocycles. The Kier molecular flexibility index (Phi) is 8.05. The number of rotatable bonds is 9. The molecule has 0 saturated carbocycles. The molecule has 3 heterocycles. The number of carbonyl (C=O) groups is 2. The highest BCUT2D eigenvalue weighted by Gasteiger charge is 2.37. The van der Waals surface area contributed by atoms with Gasteiger partial charge in [-0.05, 0) is 55.7 Å². The fourth-order valence-corrected chi connectivity index (χ4v) is 4.35. The number of allylic oxidation sites excluding steroid dienone is 2. The zero-order valence-corrected chi connectivity index (χ0v) is 20.8. The summed E-state index contributed by atoms with van der Waals surface area (Å²) in [5.74, 6) is -0.214. The van der Waals surface area contributed by atoms with E-state index in [1.165, 1.54) is 12.1 Å². The van der Waals surface area contributed by atoms with E-state index in [1.54, 1.807) is 34.3 Å². The van der Waals surface area contributed by atoms with E-state index in [9.17, 15) is 14.0 Å². The summed E-state index contributed by atoms with van der Waals surface area (Å²) in [7, 11) is 1.81. The lowest BCUT2D eigenvalue weighted by molar-refractivity contribution is -0.133. The summed E-state index contributed by atoms with van der Waals surface area (Å²) in [5.41, 5.74) is 4.06. The summed E-state index contributed by atoms with van der Waals surface area (Å²) < 4.78 is 13.2. The number of hydrogen-bond donors (Lipinski definition) is 1. The van der Waals surface area contributed by atoms with Gasteiger partial charge in [0.15, 0.2) is 0 Å². The fourth-order valence-electron chi connectivity index (χ4n) is 4.35. The summed E-state index contributed by atoms with van der Waals surface area (Å²) in [6.07, 6.45) is 6.88. The van der Waals surface area contributed by atoms with Crippen molar-refractivity contribution in [3.63, 3.8) is 0 Å². The Bertz CT molecular complexity index is 1170. The fraction of sp³-hybridized carbons (Fsp3) is 0.357. The maximum atomic E-state index is 13.2. The maximum absolute atomic E-state index is 13.2. The van der Waals surface area contributed by atoms with Crippen LogP contribution in [-0.4, -0.2) is 71.1 Å². The van der Waals surface area contributed by atoms with Crippen molar-refractivity contribution in [3.05, 3.63) is 89.7 Å². The molecular formula is C28H32FN5O2. The van der Waals surface area contributed by atoms with Crippen LogP contribution in [0.3, 0.4) is 0 Å². The van der Waals surface area contributed by atoms with Gasteiger partial charge in [-0.2, -0.15) is 0 Å². The van der Waals surface area contributed by atoms with Crippen molar-refractivity contribution in [3.8, 4) is 0 Å². The third kappa shape index (κ3) is 6.73. The Morgan fingerprint density at radius 2 is 1.94 bits per heavy atom. The number of likely N-dealkylation sites (tertiary alicyclic amines) is 1. The van der Waals surface area contributed by atoms with Crippen LogP contribution in [0.1, 0.15) is 30.9 Å². The lowest BCUT2D eigenvalue weighted by atomic mass is 10.0. The number of amides is 2. The number of hydrogen-bond acceptors (Lipinski definition) is 5. The average molecular weight is 490 g/mol. The number of carbonyl (C=O) groups excluding carboxylic acids is 2. The van der Waals surface area contributed by atoms with E-state index >= 15 is 0 Å². The number of halogens is 1. The minimum Gasteiger partial charge on any atom is -0.340 e. The van der Waals surface area contributed by atoms with Crippen molar-refractivity contribution in [2.24, 2.45) is 4.99 Å². The van der Waals surface area contributed by atoms with Gasteiger partial charge in [-0.3, -0.25) is 19.6 Å². The van der Waals surface area contributed by atoms with Crippen molar-refractivity contribution < 1.29 is 14.0 Å². The molecule has 1 aromatic heterocycles. The molecular weight excluding hydrogens is 457 g/mol. The Morgan fingerprint density at radius 1 is 1.25 bits per heavy atom. The highest BCUT2D eigenvalue weighted by molar-refractivity contribution is 6.09. The van der Waals surface area contributed by atoms with E-state index in [2.05, 4.69) is 16.9 Å². The van der Waals surface area contributed by atoms with E-state index in [-0.39, 0.29) is 36.1 Å². The quantitative estimate of drug-likeness (QED) is 0.433. The van der Waals surface area contributed by atoms with E-state index in [0.717, 1.165) is 29.7 Å². The first kappa shape index (κ1) is 25.4. The predicted molar refractivity (Wildman–Crippen MR) is 138 cm³/mol. The molecule has 2 aromatic rings. The van der Waals surface area contributed by atoms with Gasteiger partial charge in [0.1, 0.15) is 5.82 Å². The maximum Gasteiger partial charge on any atom is 0.241 e. The molecule has 0 spiro atoms. The molecule has 1 aromatic carbocycles. The number of pyridine rings is 1. The van der Waals surface area contributed by atoms with Gasteiger partial charge in [0.25, 0.3) is 0 Å². The standard InChI is InChI=1S/C28H32FN5O2/c1-19(14-21-4-6-23(29)7-5-21)15-25(22-8-11-30-12-9-22)32-20(2)16-27(35)34-13-10-24(18-34)33(3)28(36)26-17-31-26/h4-9,11-12,15,24,26,31H,2,10,13-14,16-18H2,1,3H3/b19-15+,32-25?. The van der Waals surface area contributed by atoms with Crippen molar-refractivity contribution in [1.82, 2.24) is 20.1 Å². The first-order valence-corrected chi connectivity index (χ1v) is 12.2. The number of likely N-dealkylation sites (N-methyl/N-ethyl adjacent to an activating group) is 1. The minimum atomic E-state index is -0.261. The van der Waals surface area contributed by atoms with E-state index in [4.69, 9.17) is 4.99 Å². The summed E-state index contributed by atoms with van der Waals surface area (Å²) in [6, 6.07) is 10.1. The van der Waals surface area contributed by atoms with Gasteiger partial charge < -0.3 is 15.1 Å². The Balaban J connectivity index is 1.42. The second-order valence-electron chi connectivity index (χ2n) is 9.46. The average Bonchev–Trinajstić information content (AvgIpc) is 3.60. The molecule has 2 saturated heterocycles. The molecule has 2 aliphatic rings. The number of aromatic nitrogens is 1. The third-order valence-electron chi connectivity index (χ3n) is 6.51. The molecule has 7 nitrogen and oxygen atoms in total. The van der Waals surface area contributed by atoms with Crippen LogP contribution in [0.15, 0.2) is 77.7 Å². The van der Waals surface area contributed by atoms with Gasteiger partial charge in [-0.25, -0.2) is 4.39 Å². The molecule has 1 N–H and O–H groups in total. The van der Waals surface area contributed by atoms with Crippen molar-refractivity contribution in [2.75, 3.05) is 26.7 Å². The SMILES string of the molecule is C=C(CC(=O)N1CCC(N(C)C(=O)C2CN2)C1)N=C(/C=C(\C)Cc1ccc(F)cc1)c1ccncc1. The molecule has 8 heteroatoms. The van der Waals surface area contributed by atoms with Crippen LogP contribution >= 0.6 is 0 Å². The number of nitrogens with zero attached hydrogens (tertiary/aromatic N) is 4. The van der Waals surface area contributed by atoms with Gasteiger partial charge in [-0.15, -0.1) is 0 Å². The van der Waals surface area contributed by atoms with Gasteiger partial charge in [0.2, 0.25) is 11.8 Å². The van der Waals surface area contributed by atoms with Crippen LogP contribution in [0, 0.1) is 5.82 Å². The second kappa shape index (κ2) is 11.4. The number of benzene rings is 1. The van der Waals surface area contributed by atoms with E-state index in [1.807, 2.05) is 32.2 Å². The van der Waals surface area contributed by atoms with E-state index < -0.39 is 0 Å². The van der Waals surface area contributed by atoms with Crippen LogP contribution < -0.4 is 5.32 Å². The highest BCUT2D eigenvalue weighted by Crippen LogP contribution is 2.19. The third-order valence-corrected chi connectivity index (χ3v) is 6.51. The number of aliphatic imine (C=N–C) groups is 1. The lowest BCUT2D eigenvalue weighted by Gasteiger charge is -2.24. The topological polar surface area (TPSA) is 87.8 Å². The van der Waals surface area contributed by atoms with Crippen LogP contribution in [-0.2, 0) is 16.0 Å². The van der Waals surface area contributed by atoms with Crippen LogP contribution in [0.25, 0.3) is 0 Å². The van der Waals surface area contributed by atoms with Gasteiger partial charge in [-0.1, -0.05) is 24.3 Å². The predicted octanol–water partition coefficient (Wildman–Crippen LogP) is 3.13. The molecule has 188 valence electrons. The molecule has 2 atom stereocenters. The van der Waals surface area contributed by atoms with Crippen molar-refractivity contribution >= 4 is 17.5 Å². The van der Waals surface area contributed by atoms with Gasteiger partial charge in [0, 0.05) is 50.3 Å². The Hall–Kier alpha value is -3.65. The smallest absolute Gasteiger partial charge is 0.241 e. The first-order chi connectivity index (χ1) is 17.3. The lowest BCUT2D eigenvalue weighted by Crippen LogP contribution is -2.42. The molecule has 2 unspecified atom stereocenters. The van der Waals surface area contributed by atoms with Crippen molar-refractivity contribution in [1.29, 1.82) is 0 Å².